The van der Waals surface area contributed by atoms with Crippen molar-refractivity contribution in [2.75, 3.05) is 5.73 Å². The van der Waals surface area contributed by atoms with Crippen molar-refractivity contribution < 1.29 is 12.8 Å². The number of sulfone groups is 1. The fraction of sp³-hybridized carbons (Fsp3) is 0.0952. The second-order valence-electron chi connectivity index (χ2n) is 6.40. The number of benzene rings is 2. The molecule has 0 radical (unpaired) electrons. The first kappa shape index (κ1) is 20.1. The molecule has 2 aromatic heterocycles. The maximum atomic E-state index is 12.7. The van der Waals surface area contributed by atoms with Crippen LogP contribution >= 0.6 is 11.8 Å². The van der Waals surface area contributed by atoms with Crippen molar-refractivity contribution in [2.24, 2.45) is 0 Å². The number of aromatic nitrogens is 3. The molecule has 0 atom stereocenters. The molecule has 0 aliphatic carbocycles. The van der Waals surface area contributed by atoms with Gasteiger partial charge >= 0.3 is 0 Å². The van der Waals surface area contributed by atoms with Gasteiger partial charge in [0.2, 0.25) is 15.7 Å². The minimum atomic E-state index is -3.77. The molecule has 4 rings (SSSR count). The molecule has 152 valence electrons. The fourth-order valence-electron chi connectivity index (χ4n) is 2.77. The van der Waals surface area contributed by atoms with Crippen molar-refractivity contribution in [1.29, 1.82) is 0 Å². The van der Waals surface area contributed by atoms with Crippen LogP contribution in [0.5, 0.6) is 0 Å². The Morgan fingerprint density at radius 1 is 1.00 bits per heavy atom. The van der Waals surface area contributed by atoms with Crippen LogP contribution in [0.25, 0.3) is 11.5 Å². The number of hydrogen-bond acceptors (Lipinski definition) is 8. The molecule has 4 aromatic rings. The molecule has 0 unspecified atom stereocenters. The van der Waals surface area contributed by atoms with Crippen LogP contribution < -0.4 is 5.73 Å². The second-order valence-corrected chi connectivity index (χ2v) is 9.26. The van der Waals surface area contributed by atoms with Crippen LogP contribution in [-0.4, -0.2) is 23.4 Å². The lowest BCUT2D eigenvalue weighted by Gasteiger charge is -2.07. The molecule has 2 N–H and O–H groups in total. The summed E-state index contributed by atoms with van der Waals surface area (Å²) >= 11 is 1.31. The molecule has 9 heteroatoms. The van der Waals surface area contributed by atoms with Crippen molar-refractivity contribution in [3.8, 4) is 11.5 Å². The zero-order valence-electron chi connectivity index (χ0n) is 16.0. The van der Waals surface area contributed by atoms with Crippen molar-refractivity contribution in [1.82, 2.24) is 15.0 Å². The maximum Gasteiger partial charge on any atom is 0.226 e. The van der Waals surface area contributed by atoms with Gasteiger partial charge in [0.25, 0.3) is 0 Å². The molecule has 2 aromatic carbocycles. The third-order valence-electron chi connectivity index (χ3n) is 4.36. The lowest BCUT2D eigenvalue weighted by molar-refractivity contribution is 0.540. The van der Waals surface area contributed by atoms with E-state index in [-0.39, 0.29) is 15.6 Å². The molecule has 0 bridgehead atoms. The summed E-state index contributed by atoms with van der Waals surface area (Å²) in [6.07, 6.45) is 1.25. The normalized spacial score (nSPS) is 11.5. The van der Waals surface area contributed by atoms with E-state index in [1.165, 1.54) is 30.1 Å². The number of anilines is 1. The Balaban J connectivity index is 1.52. The van der Waals surface area contributed by atoms with Crippen molar-refractivity contribution in [3.05, 3.63) is 78.3 Å². The fourth-order valence-corrected chi connectivity index (χ4v) is 4.87. The molecule has 0 spiro atoms. The zero-order chi connectivity index (χ0) is 21.1. The third kappa shape index (κ3) is 4.07. The first-order valence-corrected chi connectivity index (χ1v) is 11.5. The van der Waals surface area contributed by atoms with Gasteiger partial charge in [-0.2, -0.15) is 0 Å². The quantitative estimate of drug-likeness (QED) is 0.353. The van der Waals surface area contributed by atoms with E-state index in [2.05, 4.69) is 15.0 Å². The molecular weight excluding hydrogens is 420 g/mol. The molecule has 0 saturated heterocycles. The molecule has 0 amide bonds. The predicted molar refractivity (Wildman–Crippen MR) is 115 cm³/mol. The average molecular weight is 439 g/mol. The highest BCUT2D eigenvalue weighted by Gasteiger charge is 2.22. The van der Waals surface area contributed by atoms with Crippen LogP contribution in [0.2, 0.25) is 0 Å². The summed E-state index contributed by atoms with van der Waals surface area (Å²) in [5, 5.41) is 0.364. The number of thioether (sulfide) groups is 1. The van der Waals surface area contributed by atoms with E-state index in [1.807, 2.05) is 37.3 Å². The highest BCUT2D eigenvalue weighted by atomic mass is 32.2. The van der Waals surface area contributed by atoms with E-state index in [0.717, 1.165) is 11.3 Å². The van der Waals surface area contributed by atoms with E-state index < -0.39 is 9.84 Å². The van der Waals surface area contributed by atoms with Gasteiger partial charge in [-0.1, -0.05) is 48.2 Å². The van der Waals surface area contributed by atoms with Gasteiger partial charge < -0.3 is 10.2 Å². The topological polar surface area (TPSA) is 112 Å². The first-order chi connectivity index (χ1) is 14.4. The summed E-state index contributed by atoms with van der Waals surface area (Å²) in [5.74, 6) is 1.64. The van der Waals surface area contributed by atoms with Gasteiger partial charge in [0.05, 0.1) is 16.8 Å². The number of hydrogen-bond donors (Lipinski definition) is 1. The molecule has 0 aliphatic rings. The minimum absolute atomic E-state index is 0.0850. The highest BCUT2D eigenvalue weighted by molar-refractivity contribution is 7.98. The number of rotatable bonds is 6. The summed E-state index contributed by atoms with van der Waals surface area (Å²) in [5.41, 5.74) is 7.61. The molecule has 30 heavy (non-hydrogen) atoms. The lowest BCUT2D eigenvalue weighted by atomic mass is 10.2. The van der Waals surface area contributed by atoms with Gasteiger partial charge in [0, 0.05) is 11.3 Å². The number of nitrogens with two attached hydrogens (primary N) is 1. The average Bonchev–Trinajstić information content (AvgIpc) is 3.14. The molecule has 2 heterocycles. The molecule has 7 nitrogen and oxygen atoms in total. The van der Waals surface area contributed by atoms with Gasteiger partial charge in [0.1, 0.15) is 16.5 Å². The number of oxazole rings is 1. The van der Waals surface area contributed by atoms with Gasteiger partial charge in [-0.25, -0.2) is 23.4 Å². The number of nitrogen functional groups attached to an aromatic ring is 1. The molecule has 0 aliphatic heterocycles. The number of nitrogens with zero attached hydrogens (tertiary/aromatic N) is 3. The van der Waals surface area contributed by atoms with Gasteiger partial charge in [0.15, 0.2) is 5.16 Å². The number of aryl methyl sites for hydroxylation is 1. The Hall–Kier alpha value is -3.17. The predicted octanol–water partition coefficient (Wildman–Crippen LogP) is 4.15. The van der Waals surface area contributed by atoms with E-state index in [4.69, 9.17) is 10.2 Å². The van der Waals surface area contributed by atoms with Crippen molar-refractivity contribution in [3.63, 3.8) is 0 Å². The molecule has 0 fully saturated rings. The minimum Gasteiger partial charge on any atom is -0.441 e. The van der Waals surface area contributed by atoms with Crippen molar-refractivity contribution in [2.45, 2.75) is 27.6 Å². The summed E-state index contributed by atoms with van der Waals surface area (Å²) in [6.45, 7) is 1.85. The maximum absolute atomic E-state index is 12.7. The monoisotopic (exact) mass is 438 g/mol. The van der Waals surface area contributed by atoms with Crippen molar-refractivity contribution >= 4 is 27.4 Å². The third-order valence-corrected chi connectivity index (χ3v) is 7.01. The SMILES string of the molecule is Cc1oc(-c2ccccc2)nc1CSc1ncc(S(=O)(=O)c2ccccc2)c(N)n1. The Bertz CT molecular complexity index is 1270. The summed E-state index contributed by atoms with van der Waals surface area (Å²) in [4.78, 5) is 12.9. The first-order valence-electron chi connectivity index (χ1n) is 9.02. The van der Waals surface area contributed by atoms with Crippen LogP contribution in [0.1, 0.15) is 11.5 Å². The van der Waals surface area contributed by atoms with Crippen LogP contribution in [0.4, 0.5) is 5.82 Å². The molecular formula is C21H18N4O3S2. The Labute approximate surface area is 178 Å². The van der Waals surface area contributed by atoms with E-state index in [1.54, 1.807) is 18.2 Å². The Kier molecular flexibility index (Phi) is 5.56. The molecule has 0 saturated carbocycles. The largest absolute Gasteiger partial charge is 0.441 e. The van der Waals surface area contributed by atoms with Crippen LogP contribution in [-0.2, 0) is 15.6 Å². The Morgan fingerprint density at radius 3 is 2.33 bits per heavy atom. The van der Waals surface area contributed by atoms with Gasteiger partial charge in [-0.15, -0.1) is 0 Å². The standard InChI is InChI=1S/C21H18N4O3S2/c1-14-17(24-20(28-14)15-8-4-2-5-9-15)13-29-21-23-12-18(19(22)25-21)30(26,27)16-10-6-3-7-11-16/h2-12H,13H2,1H3,(H2,22,23,25). The van der Waals surface area contributed by atoms with Crippen LogP contribution in [0.15, 0.2) is 86.2 Å². The highest BCUT2D eigenvalue weighted by Crippen LogP contribution is 2.29. The zero-order valence-corrected chi connectivity index (χ0v) is 17.7. The van der Waals surface area contributed by atoms with Gasteiger partial charge in [-0.3, -0.25) is 0 Å². The summed E-state index contributed by atoms with van der Waals surface area (Å²) < 4.78 is 31.2. The van der Waals surface area contributed by atoms with Crippen LogP contribution in [0.3, 0.4) is 0 Å². The summed E-state index contributed by atoms with van der Waals surface area (Å²) in [6, 6.07) is 17.7. The van der Waals surface area contributed by atoms with E-state index in [9.17, 15) is 8.42 Å². The van der Waals surface area contributed by atoms with E-state index >= 15 is 0 Å². The van der Waals surface area contributed by atoms with E-state index in [0.29, 0.717) is 22.6 Å². The van der Waals surface area contributed by atoms with Crippen LogP contribution in [0, 0.1) is 6.92 Å². The lowest BCUT2D eigenvalue weighted by Crippen LogP contribution is -2.08. The smallest absolute Gasteiger partial charge is 0.226 e. The second kappa shape index (κ2) is 8.29. The van der Waals surface area contributed by atoms with Gasteiger partial charge in [-0.05, 0) is 31.2 Å². The summed E-state index contributed by atoms with van der Waals surface area (Å²) in [7, 11) is -3.77. The Morgan fingerprint density at radius 2 is 1.67 bits per heavy atom.